The van der Waals surface area contributed by atoms with Gasteiger partial charge in [0.25, 0.3) is 0 Å². The summed E-state index contributed by atoms with van der Waals surface area (Å²) in [5.74, 6) is 0.547. The molecule has 0 aliphatic heterocycles. The van der Waals surface area contributed by atoms with Crippen LogP contribution < -0.4 is 5.32 Å². The van der Waals surface area contributed by atoms with Crippen LogP contribution in [0, 0.1) is 12.8 Å². The van der Waals surface area contributed by atoms with Crippen LogP contribution in [0.2, 0.25) is 0 Å². The van der Waals surface area contributed by atoms with Gasteiger partial charge in [0.2, 0.25) is 5.91 Å². The van der Waals surface area contributed by atoms with Crippen molar-refractivity contribution in [3.8, 4) is 22.6 Å². The smallest absolute Gasteiger partial charge is 0.226 e. The van der Waals surface area contributed by atoms with Gasteiger partial charge in [0.05, 0.1) is 23.1 Å². The molecule has 0 saturated heterocycles. The third-order valence-corrected chi connectivity index (χ3v) is 6.02. The lowest BCUT2D eigenvalue weighted by atomic mass is 10.0. The van der Waals surface area contributed by atoms with Crippen molar-refractivity contribution >= 4 is 28.2 Å². The summed E-state index contributed by atoms with van der Waals surface area (Å²) in [5, 5.41) is 11.6. The third kappa shape index (κ3) is 5.07. The Bertz CT molecular complexity index is 1430. The Morgan fingerprint density at radius 2 is 2.03 bits per heavy atom. The second kappa shape index (κ2) is 10.6. The number of nitrogens with zero attached hydrogens (tertiary/aromatic N) is 4. The second-order valence-corrected chi connectivity index (χ2v) is 9.21. The maximum atomic E-state index is 12.1. The Labute approximate surface area is 211 Å². The van der Waals surface area contributed by atoms with Crippen LogP contribution in [0.25, 0.3) is 39.2 Å². The Morgan fingerprint density at radius 3 is 2.75 bits per heavy atom. The van der Waals surface area contributed by atoms with Gasteiger partial charge in [-0.1, -0.05) is 39.5 Å². The molecule has 8 heteroatoms. The lowest BCUT2D eigenvalue weighted by Crippen LogP contribution is -2.18. The van der Waals surface area contributed by atoms with Crippen molar-refractivity contribution < 1.29 is 4.79 Å². The van der Waals surface area contributed by atoms with E-state index in [4.69, 9.17) is 4.98 Å². The number of benzene rings is 1. The van der Waals surface area contributed by atoms with Gasteiger partial charge in [0.1, 0.15) is 11.4 Å². The zero-order valence-corrected chi connectivity index (χ0v) is 21.5. The molecule has 0 bridgehead atoms. The average Bonchev–Trinajstić information content (AvgIpc) is 3.45. The molecule has 0 aliphatic rings. The molecule has 3 heterocycles. The summed E-state index contributed by atoms with van der Waals surface area (Å²) in [4.78, 5) is 27.0. The molecule has 0 aliphatic carbocycles. The van der Waals surface area contributed by atoms with Crippen LogP contribution in [0.5, 0.6) is 0 Å². The fraction of sp³-hybridized carbons (Fsp3) is 0.286. The fourth-order valence-electron chi connectivity index (χ4n) is 4.10. The minimum atomic E-state index is -0.108. The zero-order valence-electron chi connectivity index (χ0n) is 21.5. The number of H-pyrrole nitrogens is 2. The van der Waals surface area contributed by atoms with E-state index < -0.39 is 0 Å². The maximum Gasteiger partial charge on any atom is 0.226 e. The number of allylic oxidation sites excluding steroid dienone is 2. The molecule has 0 atom stereocenters. The number of fused-ring (bicyclic) bond motifs is 1. The molecule has 36 heavy (non-hydrogen) atoms. The van der Waals surface area contributed by atoms with Crippen molar-refractivity contribution in [2.45, 2.75) is 34.1 Å². The van der Waals surface area contributed by atoms with Crippen molar-refractivity contribution in [1.29, 1.82) is 0 Å². The van der Waals surface area contributed by atoms with Crippen molar-refractivity contribution in [3.05, 3.63) is 66.8 Å². The maximum absolute atomic E-state index is 12.1. The summed E-state index contributed by atoms with van der Waals surface area (Å²) in [5.41, 5.74) is 7.05. The van der Waals surface area contributed by atoms with E-state index in [1.54, 1.807) is 18.5 Å². The Hall–Kier alpha value is -4.20. The number of amides is 1. The van der Waals surface area contributed by atoms with Crippen LogP contribution in [0.15, 0.2) is 55.4 Å². The molecule has 1 aromatic carbocycles. The topological polar surface area (TPSA) is 103 Å². The summed E-state index contributed by atoms with van der Waals surface area (Å²) >= 11 is 0. The third-order valence-electron chi connectivity index (χ3n) is 6.02. The standard InChI is InChI=1S/C28H33N7O/c1-7-9-24(35(6)12-8-2)25-18(5)30-27(32-25)26-22-14-19(10-11-23(22)33-34-26)20-13-21(16-29-15-20)31-28(36)17(3)4/h7,9-11,13-17H,1,8,12H2,2-6H3,(H,30,32)(H,31,36)(H,33,34)/b24-9+. The van der Waals surface area contributed by atoms with E-state index in [-0.39, 0.29) is 11.8 Å². The van der Waals surface area contributed by atoms with Crippen molar-refractivity contribution in [1.82, 2.24) is 30.0 Å². The van der Waals surface area contributed by atoms with E-state index in [0.29, 0.717) is 11.5 Å². The van der Waals surface area contributed by atoms with Crippen LogP contribution in [0.4, 0.5) is 5.69 Å². The number of carbonyl (C=O) groups is 1. The average molecular weight is 484 g/mol. The number of nitrogens with one attached hydrogen (secondary N) is 3. The number of aromatic amines is 2. The molecule has 1 amide bonds. The molecule has 0 saturated carbocycles. The number of rotatable bonds is 9. The first-order chi connectivity index (χ1) is 17.3. The minimum absolute atomic E-state index is 0.0417. The number of anilines is 1. The highest BCUT2D eigenvalue weighted by Gasteiger charge is 2.19. The van der Waals surface area contributed by atoms with Gasteiger partial charge in [-0.05, 0) is 43.2 Å². The first kappa shape index (κ1) is 24.9. The summed E-state index contributed by atoms with van der Waals surface area (Å²) < 4.78 is 0. The molecule has 8 nitrogen and oxygen atoms in total. The molecule has 0 spiro atoms. The summed E-state index contributed by atoms with van der Waals surface area (Å²) in [6.45, 7) is 12.7. The number of aromatic nitrogens is 5. The van der Waals surface area contributed by atoms with Gasteiger partial charge < -0.3 is 15.2 Å². The van der Waals surface area contributed by atoms with Gasteiger partial charge in [-0.25, -0.2) is 4.98 Å². The normalized spacial score (nSPS) is 11.8. The number of hydrogen-bond donors (Lipinski definition) is 3. The van der Waals surface area contributed by atoms with Gasteiger partial charge in [-0.2, -0.15) is 5.10 Å². The molecule has 0 fully saturated rings. The van der Waals surface area contributed by atoms with Crippen molar-refractivity contribution in [3.63, 3.8) is 0 Å². The largest absolute Gasteiger partial charge is 0.373 e. The first-order valence-corrected chi connectivity index (χ1v) is 12.2. The van der Waals surface area contributed by atoms with E-state index in [2.05, 4.69) is 57.0 Å². The lowest BCUT2D eigenvalue weighted by Gasteiger charge is -2.21. The number of pyridine rings is 1. The van der Waals surface area contributed by atoms with E-state index in [1.165, 1.54) is 0 Å². The molecule has 0 radical (unpaired) electrons. The number of imidazole rings is 1. The van der Waals surface area contributed by atoms with E-state index in [1.807, 2.05) is 45.0 Å². The van der Waals surface area contributed by atoms with Gasteiger partial charge in [-0.3, -0.25) is 14.9 Å². The predicted octanol–water partition coefficient (Wildman–Crippen LogP) is 5.79. The van der Waals surface area contributed by atoms with Gasteiger partial charge in [0.15, 0.2) is 5.82 Å². The fourth-order valence-corrected chi connectivity index (χ4v) is 4.10. The van der Waals surface area contributed by atoms with Crippen LogP contribution in [0.3, 0.4) is 0 Å². The van der Waals surface area contributed by atoms with Crippen LogP contribution >= 0.6 is 0 Å². The first-order valence-electron chi connectivity index (χ1n) is 12.2. The summed E-state index contributed by atoms with van der Waals surface area (Å²) in [7, 11) is 2.06. The minimum Gasteiger partial charge on any atom is -0.373 e. The molecular weight excluding hydrogens is 450 g/mol. The Morgan fingerprint density at radius 1 is 1.22 bits per heavy atom. The van der Waals surface area contributed by atoms with E-state index in [0.717, 1.165) is 57.8 Å². The summed E-state index contributed by atoms with van der Waals surface area (Å²) in [6.07, 6.45) is 8.25. The van der Waals surface area contributed by atoms with Gasteiger partial charge in [-0.15, -0.1) is 0 Å². The number of aryl methyl sites for hydroxylation is 1. The quantitative estimate of drug-likeness (QED) is 0.262. The highest BCUT2D eigenvalue weighted by Crippen LogP contribution is 2.31. The molecule has 3 aromatic heterocycles. The monoisotopic (exact) mass is 483 g/mol. The van der Waals surface area contributed by atoms with Crippen LogP contribution in [-0.4, -0.2) is 49.5 Å². The molecule has 0 unspecified atom stereocenters. The molecule has 3 N–H and O–H groups in total. The summed E-state index contributed by atoms with van der Waals surface area (Å²) in [6, 6.07) is 8.01. The number of hydrogen-bond acceptors (Lipinski definition) is 5. The van der Waals surface area contributed by atoms with E-state index >= 15 is 0 Å². The Kier molecular flexibility index (Phi) is 7.33. The van der Waals surface area contributed by atoms with Crippen LogP contribution in [0.1, 0.15) is 38.6 Å². The highest BCUT2D eigenvalue weighted by atomic mass is 16.1. The Balaban J connectivity index is 1.72. The second-order valence-electron chi connectivity index (χ2n) is 9.21. The van der Waals surface area contributed by atoms with Crippen molar-refractivity contribution in [2.75, 3.05) is 18.9 Å². The highest BCUT2D eigenvalue weighted by molar-refractivity contribution is 5.95. The van der Waals surface area contributed by atoms with Crippen LogP contribution in [-0.2, 0) is 4.79 Å². The molecule has 4 aromatic rings. The number of carbonyl (C=O) groups excluding carboxylic acids is 1. The lowest BCUT2D eigenvalue weighted by molar-refractivity contribution is -0.118. The molecule has 186 valence electrons. The molecular formula is C28H33N7O. The van der Waals surface area contributed by atoms with E-state index in [9.17, 15) is 4.79 Å². The van der Waals surface area contributed by atoms with Crippen molar-refractivity contribution in [2.24, 2.45) is 5.92 Å². The predicted molar refractivity (Wildman–Crippen MR) is 146 cm³/mol. The molecule has 4 rings (SSSR count). The SMILES string of the molecule is C=C/C=C(\c1nc(-c2n[nH]c3ccc(-c4cncc(NC(=O)C(C)C)c4)cc23)[nH]c1C)N(C)CCC. The van der Waals surface area contributed by atoms with Gasteiger partial charge >= 0.3 is 0 Å². The van der Waals surface area contributed by atoms with Gasteiger partial charge in [0, 0.05) is 42.4 Å². The zero-order chi connectivity index (χ0) is 25.8.